The molecule has 1 aliphatic heterocycles. The molecule has 2 aromatic heterocycles. The Balaban J connectivity index is 1.71. The highest BCUT2D eigenvalue weighted by Gasteiger charge is 2.45. The van der Waals surface area contributed by atoms with Crippen LogP contribution in [-0.4, -0.2) is 71.1 Å². The molecular weight excluding hydrogens is 382 g/mol. The van der Waals surface area contributed by atoms with Crippen LogP contribution in [0.3, 0.4) is 0 Å². The monoisotopic (exact) mass is 401 g/mol. The molecule has 7 N–H and O–H groups in total. The van der Waals surface area contributed by atoms with Gasteiger partial charge in [-0.3, -0.25) is 4.57 Å². The van der Waals surface area contributed by atoms with E-state index in [0.717, 1.165) is 0 Å². The maximum Gasteiger partial charge on any atom is 0.228 e. The van der Waals surface area contributed by atoms with E-state index in [4.69, 9.17) is 10.5 Å². The molecular formula is C17H19N7O5. The highest BCUT2D eigenvalue weighted by atomic mass is 16.6. The molecule has 3 aromatic rings. The van der Waals surface area contributed by atoms with Gasteiger partial charge in [0.25, 0.3) is 0 Å². The Morgan fingerprint density at radius 2 is 1.97 bits per heavy atom. The number of benzene rings is 1. The summed E-state index contributed by atoms with van der Waals surface area (Å²) in [6.07, 6.45) is -1.97. The number of aromatic nitrogens is 4. The molecule has 4 rings (SSSR count). The number of aliphatic hydroxyl groups excluding tert-OH is 3. The Hall–Kier alpha value is -3.32. The van der Waals surface area contributed by atoms with Gasteiger partial charge in [0, 0.05) is 0 Å². The number of nitrogens with one attached hydrogen (secondary N) is 1. The number of fused-ring (bicyclic) bond motifs is 1. The minimum atomic E-state index is -1.35. The molecule has 1 aliphatic rings. The highest BCUT2D eigenvalue weighted by molar-refractivity contribution is 5.84. The predicted molar refractivity (Wildman–Crippen MR) is 102 cm³/mol. The van der Waals surface area contributed by atoms with E-state index in [-0.39, 0.29) is 28.7 Å². The van der Waals surface area contributed by atoms with Crippen molar-refractivity contribution in [3.63, 3.8) is 0 Å². The quantitative estimate of drug-likeness (QED) is 0.233. The summed E-state index contributed by atoms with van der Waals surface area (Å²) < 4.78 is 6.99. The van der Waals surface area contributed by atoms with E-state index in [1.807, 2.05) is 0 Å². The standard InChI is InChI=1S/C17H19N7O5/c18-14-11-15(20-7-19-14)24(16-13(28)12(27)10(6-25)29-16)17(22-11)23-21-5-8-1-3-9(26)4-2-8/h1-5,7,10,12-13,16,25-28H,6H2,(H,22,23)(H2,18,19,20)/b21-5-/t10-,12-,13-,16-/m1/s1. The summed E-state index contributed by atoms with van der Waals surface area (Å²) in [7, 11) is 0. The molecule has 29 heavy (non-hydrogen) atoms. The molecule has 4 atom stereocenters. The third kappa shape index (κ3) is 3.45. The van der Waals surface area contributed by atoms with Crippen LogP contribution < -0.4 is 11.2 Å². The fourth-order valence-electron chi connectivity index (χ4n) is 3.06. The third-order valence-electron chi connectivity index (χ3n) is 4.55. The highest BCUT2D eigenvalue weighted by Crippen LogP contribution is 2.35. The Labute approximate surface area is 163 Å². The van der Waals surface area contributed by atoms with Crippen molar-refractivity contribution in [1.82, 2.24) is 19.5 Å². The second-order valence-electron chi connectivity index (χ2n) is 6.43. The zero-order valence-electron chi connectivity index (χ0n) is 15.0. The summed E-state index contributed by atoms with van der Waals surface area (Å²) in [6.45, 7) is -0.472. The van der Waals surface area contributed by atoms with Crippen molar-refractivity contribution in [2.24, 2.45) is 5.10 Å². The normalized spacial score (nSPS) is 24.5. The smallest absolute Gasteiger partial charge is 0.228 e. The van der Waals surface area contributed by atoms with E-state index < -0.39 is 31.1 Å². The molecule has 1 aromatic carbocycles. The first-order valence-corrected chi connectivity index (χ1v) is 8.68. The van der Waals surface area contributed by atoms with Crippen molar-refractivity contribution < 1.29 is 25.2 Å². The number of hydrazone groups is 1. The second kappa shape index (κ2) is 7.60. The Bertz CT molecular complexity index is 1040. The molecule has 1 fully saturated rings. The van der Waals surface area contributed by atoms with Crippen LogP contribution in [0.25, 0.3) is 11.2 Å². The van der Waals surface area contributed by atoms with Gasteiger partial charge in [-0.05, 0) is 29.8 Å². The van der Waals surface area contributed by atoms with Gasteiger partial charge in [-0.2, -0.15) is 5.10 Å². The molecule has 0 bridgehead atoms. The number of aromatic hydroxyl groups is 1. The van der Waals surface area contributed by atoms with E-state index in [1.54, 1.807) is 12.1 Å². The number of phenolic OH excluding ortho intramolecular Hbond substituents is 1. The van der Waals surface area contributed by atoms with Crippen LogP contribution in [0.5, 0.6) is 5.75 Å². The summed E-state index contributed by atoms with van der Waals surface area (Å²) >= 11 is 0. The maximum absolute atomic E-state index is 10.4. The molecule has 0 aliphatic carbocycles. The van der Waals surface area contributed by atoms with Crippen LogP contribution in [0.2, 0.25) is 0 Å². The van der Waals surface area contributed by atoms with E-state index >= 15 is 0 Å². The van der Waals surface area contributed by atoms with Gasteiger partial charge in [-0.1, -0.05) is 0 Å². The summed E-state index contributed by atoms with van der Waals surface area (Å²) in [4.78, 5) is 12.4. The summed E-state index contributed by atoms with van der Waals surface area (Å²) in [5.74, 6) is 0.387. The SMILES string of the molecule is Nc1ncnc2c1nc(N/N=C\c1ccc(O)cc1)n2[C@@H]1O[C@H](CO)[C@@H](O)[C@H]1O. The molecule has 0 amide bonds. The van der Waals surface area contributed by atoms with Gasteiger partial charge < -0.3 is 30.9 Å². The second-order valence-corrected chi connectivity index (χ2v) is 6.43. The minimum absolute atomic E-state index is 0.117. The van der Waals surface area contributed by atoms with Crippen molar-refractivity contribution in [2.45, 2.75) is 24.5 Å². The van der Waals surface area contributed by atoms with Gasteiger partial charge in [0.05, 0.1) is 12.8 Å². The molecule has 152 valence electrons. The molecule has 0 saturated carbocycles. The number of aliphatic hydroxyl groups is 3. The first-order valence-electron chi connectivity index (χ1n) is 8.68. The number of imidazole rings is 1. The van der Waals surface area contributed by atoms with Gasteiger partial charge in [0.1, 0.15) is 30.4 Å². The van der Waals surface area contributed by atoms with Crippen LogP contribution in [0.15, 0.2) is 35.7 Å². The number of nitrogen functional groups attached to an aromatic ring is 1. The van der Waals surface area contributed by atoms with Crippen LogP contribution in [-0.2, 0) is 4.74 Å². The van der Waals surface area contributed by atoms with Crippen LogP contribution in [0.4, 0.5) is 11.8 Å². The van der Waals surface area contributed by atoms with Crippen LogP contribution in [0.1, 0.15) is 11.8 Å². The Morgan fingerprint density at radius 1 is 1.21 bits per heavy atom. The number of nitrogens with two attached hydrogens (primary N) is 1. The van der Waals surface area contributed by atoms with Crippen LogP contribution >= 0.6 is 0 Å². The Kier molecular flexibility index (Phi) is 4.98. The van der Waals surface area contributed by atoms with Gasteiger partial charge in [-0.15, -0.1) is 0 Å². The average molecular weight is 401 g/mol. The first kappa shape index (κ1) is 19.0. The van der Waals surface area contributed by atoms with Gasteiger partial charge in [0.2, 0.25) is 5.95 Å². The molecule has 0 unspecified atom stereocenters. The molecule has 3 heterocycles. The fourth-order valence-corrected chi connectivity index (χ4v) is 3.06. The minimum Gasteiger partial charge on any atom is -0.508 e. The third-order valence-corrected chi connectivity index (χ3v) is 4.55. The number of nitrogens with zero attached hydrogens (tertiary/aromatic N) is 5. The van der Waals surface area contributed by atoms with E-state index in [2.05, 4.69) is 25.5 Å². The molecule has 12 nitrogen and oxygen atoms in total. The van der Waals surface area contributed by atoms with E-state index in [1.165, 1.54) is 29.2 Å². The number of ether oxygens (including phenoxy) is 1. The van der Waals surface area contributed by atoms with E-state index in [0.29, 0.717) is 5.56 Å². The lowest BCUT2D eigenvalue weighted by Gasteiger charge is -2.18. The van der Waals surface area contributed by atoms with Crippen molar-refractivity contribution >= 4 is 29.1 Å². The molecule has 1 saturated heterocycles. The van der Waals surface area contributed by atoms with Gasteiger partial charge in [0.15, 0.2) is 23.2 Å². The lowest BCUT2D eigenvalue weighted by Crippen LogP contribution is -2.33. The number of hydrogen-bond donors (Lipinski definition) is 6. The average Bonchev–Trinajstić information content (AvgIpc) is 3.22. The summed E-state index contributed by atoms with van der Waals surface area (Å²) in [5, 5.41) is 43.3. The topological polar surface area (TPSA) is 184 Å². The Morgan fingerprint density at radius 3 is 2.66 bits per heavy atom. The van der Waals surface area contributed by atoms with Crippen molar-refractivity contribution in [3.8, 4) is 5.75 Å². The molecule has 0 radical (unpaired) electrons. The van der Waals surface area contributed by atoms with E-state index in [9.17, 15) is 20.4 Å². The number of anilines is 2. The van der Waals surface area contributed by atoms with Crippen LogP contribution in [0, 0.1) is 0 Å². The van der Waals surface area contributed by atoms with Crippen molar-refractivity contribution in [2.75, 3.05) is 17.8 Å². The number of hydrogen-bond acceptors (Lipinski definition) is 11. The van der Waals surface area contributed by atoms with Crippen molar-refractivity contribution in [1.29, 1.82) is 0 Å². The predicted octanol–water partition coefficient (Wildman–Crippen LogP) is -0.828. The number of phenols is 1. The van der Waals surface area contributed by atoms with Crippen molar-refractivity contribution in [3.05, 3.63) is 36.2 Å². The maximum atomic E-state index is 10.4. The molecule has 0 spiro atoms. The fraction of sp³-hybridized carbons (Fsp3) is 0.294. The number of rotatable bonds is 5. The first-order chi connectivity index (χ1) is 14.0. The zero-order chi connectivity index (χ0) is 20.5. The summed E-state index contributed by atoms with van der Waals surface area (Å²) in [6, 6.07) is 6.37. The molecule has 12 heteroatoms. The largest absolute Gasteiger partial charge is 0.508 e. The zero-order valence-corrected chi connectivity index (χ0v) is 15.0. The van der Waals surface area contributed by atoms with Gasteiger partial charge >= 0.3 is 0 Å². The van der Waals surface area contributed by atoms with Gasteiger partial charge in [-0.25, -0.2) is 20.4 Å². The lowest BCUT2D eigenvalue weighted by atomic mass is 10.1. The summed E-state index contributed by atoms with van der Waals surface area (Å²) in [5.41, 5.74) is 9.84. The lowest BCUT2D eigenvalue weighted by molar-refractivity contribution is -0.0501.